The van der Waals surface area contributed by atoms with E-state index < -0.39 is 29.3 Å². The summed E-state index contributed by atoms with van der Waals surface area (Å²) in [6.07, 6.45) is 0.878. The number of ether oxygens (including phenoxy) is 1. The molecule has 34 heavy (non-hydrogen) atoms. The minimum atomic E-state index is -1.12. The van der Waals surface area contributed by atoms with Crippen molar-refractivity contribution in [2.75, 3.05) is 18.0 Å². The number of para-hydroxylation sites is 1. The summed E-state index contributed by atoms with van der Waals surface area (Å²) in [6, 6.07) is 11.7. The average molecular weight is 489 g/mol. The van der Waals surface area contributed by atoms with Crippen LogP contribution in [0, 0.1) is 11.6 Å². The lowest BCUT2D eigenvalue weighted by molar-refractivity contribution is -0.143. The number of carbonyl (C=O) groups excluding carboxylic acids is 2. The summed E-state index contributed by atoms with van der Waals surface area (Å²) in [6.45, 7) is 2.61. The van der Waals surface area contributed by atoms with Crippen molar-refractivity contribution >= 4 is 35.1 Å². The van der Waals surface area contributed by atoms with Crippen LogP contribution in [0.15, 0.2) is 54.6 Å². The number of pyridine rings is 1. The molecule has 0 unspecified atom stereocenters. The molecule has 0 saturated heterocycles. The molecule has 178 valence electrons. The zero-order valence-electron chi connectivity index (χ0n) is 18.4. The number of benzene rings is 2. The maximum absolute atomic E-state index is 14.4. The number of hydrogen-bond acceptors (Lipinski definition) is 5. The van der Waals surface area contributed by atoms with Gasteiger partial charge in [0, 0.05) is 16.1 Å². The van der Waals surface area contributed by atoms with E-state index in [2.05, 4.69) is 10.3 Å². The molecule has 1 heterocycles. The number of esters is 1. The topological polar surface area (TPSA) is 97.5 Å². The maximum atomic E-state index is 14.4. The summed E-state index contributed by atoms with van der Waals surface area (Å²) in [7, 11) is 0. The van der Waals surface area contributed by atoms with E-state index in [9.17, 15) is 18.4 Å². The molecular weight excluding hydrogens is 466 g/mol. The van der Waals surface area contributed by atoms with Crippen molar-refractivity contribution in [2.24, 2.45) is 5.73 Å². The molecule has 3 aromatic rings. The first kappa shape index (κ1) is 25.1. The third-order valence-corrected chi connectivity index (χ3v) is 5.17. The van der Waals surface area contributed by atoms with Gasteiger partial charge >= 0.3 is 12.0 Å². The minimum absolute atomic E-state index is 0.0587. The average Bonchev–Trinajstić information content (AvgIpc) is 2.80. The number of nitrogens with zero attached hydrogens (tertiary/aromatic N) is 2. The van der Waals surface area contributed by atoms with Gasteiger partial charge in [0.25, 0.3) is 0 Å². The van der Waals surface area contributed by atoms with Crippen LogP contribution in [0.2, 0.25) is 5.02 Å². The molecule has 0 spiro atoms. The third kappa shape index (κ3) is 5.86. The first-order valence-electron chi connectivity index (χ1n) is 10.5. The smallest absolute Gasteiger partial charge is 0.325 e. The first-order chi connectivity index (χ1) is 16.3. The molecule has 0 radical (unpaired) electrons. The number of primary amides is 1. The summed E-state index contributed by atoms with van der Waals surface area (Å²) in [5.74, 6) is -2.49. The van der Waals surface area contributed by atoms with Crippen molar-refractivity contribution in [1.82, 2.24) is 10.3 Å². The van der Waals surface area contributed by atoms with E-state index in [-0.39, 0.29) is 19.0 Å². The molecule has 0 atom stereocenters. The van der Waals surface area contributed by atoms with E-state index in [0.29, 0.717) is 33.3 Å². The molecule has 7 nitrogen and oxygen atoms in total. The second-order valence-electron chi connectivity index (χ2n) is 7.23. The quantitative estimate of drug-likeness (QED) is 0.328. The number of anilines is 2. The fourth-order valence-electron chi connectivity index (χ4n) is 3.25. The highest BCUT2D eigenvalue weighted by Gasteiger charge is 2.24. The van der Waals surface area contributed by atoms with Crippen LogP contribution in [0.4, 0.5) is 25.1 Å². The van der Waals surface area contributed by atoms with Gasteiger partial charge in [0.15, 0.2) is 0 Å². The lowest BCUT2D eigenvalue weighted by Crippen LogP contribution is -2.33. The molecule has 0 aliphatic heterocycles. The van der Waals surface area contributed by atoms with E-state index >= 15 is 0 Å². The molecule has 2 amide bonds. The van der Waals surface area contributed by atoms with Gasteiger partial charge in [-0.15, -0.1) is 0 Å². The number of urea groups is 1. The highest BCUT2D eigenvalue weighted by molar-refractivity contribution is 6.31. The predicted octanol–water partition coefficient (Wildman–Crippen LogP) is 4.94. The Morgan fingerprint density at radius 2 is 1.76 bits per heavy atom. The van der Waals surface area contributed by atoms with Crippen LogP contribution >= 0.6 is 11.6 Å². The van der Waals surface area contributed by atoms with Gasteiger partial charge in [-0.05, 0) is 43.3 Å². The lowest BCUT2D eigenvalue weighted by atomic mass is 10.0. The number of nitrogens with two attached hydrogens (primary N) is 1. The van der Waals surface area contributed by atoms with Gasteiger partial charge in [-0.2, -0.15) is 0 Å². The van der Waals surface area contributed by atoms with Gasteiger partial charge in [-0.3, -0.25) is 4.79 Å². The Labute approximate surface area is 200 Å². The summed E-state index contributed by atoms with van der Waals surface area (Å²) < 4.78 is 34.1. The van der Waals surface area contributed by atoms with Gasteiger partial charge in [0.2, 0.25) is 0 Å². The largest absolute Gasteiger partial charge is 0.460 e. The SMILES string of the molecule is CCCNCC(=O)OCc1c(Cl)cccc1-c1cccc(N(C(N)=O)c2c(F)cccc2F)n1. The van der Waals surface area contributed by atoms with Crippen molar-refractivity contribution in [3.8, 4) is 11.3 Å². The Bertz CT molecular complexity index is 1170. The fourth-order valence-corrected chi connectivity index (χ4v) is 3.48. The number of amides is 2. The lowest BCUT2D eigenvalue weighted by Gasteiger charge is -2.21. The molecule has 2 aromatic carbocycles. The summed E-state index contributed by atoms with van der Waals surface area (Å²) >= 11 is 6.36. The molecule has 0 aliphatic carbocycles. The number of hydrogen-bond donors (Lipinski definition) is 2. The Morgan fingerprint density at radius 1 is 1.09 bits per heavy atom. The summed E-state index contributed by atoms with van der Waals surface area (Å²) in [5.41, 5.74) is 6.14. The number of nitrogens with one attached hydrogen (secondary N) is 1. The van der Waals surface area contributed by atoms with E-state index in [0.717, 1.165) is 18.6 Å². The van der Waals surface area contributed by atoms with Crippen molar-refractivity contribution in [2.45, 2.75) is 20.0 Å². The molecule has 10 heteroatoms. The molecule has 0 aliphatic rings. The van der Waals surface area contributed by atoms with Crippen LogP contribution in [0.1, 0.15) is 18.9 Å². The Morgan fingerprint density at radius 3 is 2.44 bits per heavy atom. The predicted molar refractivity (Wildman–Crippen MR) is 126 cm³/mol. The normalized spacial score (nSPS) is 10.7. The van der Waals surface area contributed by atoms with Crippen molar-refractivity contribution in [3.63, 3.8) is 0 Å². The molecule has 0 saturated carbocycles. The number of halogens is 3. The van der Waals surface area contributed by atoms with Crippen molar-refractivity contribution in [3.05, 3.63) is 76.8 Å². The van der Waals surface area contributed by atoms with E-state index in [4.69, 9.17) is 22.1 Å². The highest BCUT2D eigenvalue weighted by Crippen LogP contribution is 2.33. The first-order valence-corrected chi connectivity index (χ1v) is 10.9. The molecule has 0 bridgehead atoms. The maximum Gasteiger partial charge on any atom is 0.325 e. The third-order valence-electron chi connectivity index (χ3n) is 4.81. The highest BCUT2D eigenvalue weighted by atomic mass is 35.5. The molecule has 1 aromatic heterocycles. The fraction of sp³-hybridized carbons (Fsp3) is 0.208. The van der Waals surface area contributed by atoms with Gasteiger partial charge in [-0.1, -0.05) is 42.8 Å². The van der Waals surface area contributed by atoms with Crippen molar-refractivity contribution < 1.29 is 23.1 Å². The van der Waals surface area contributed by atoms with Gasteiger partial charge in [0.05, 0.1) is 12.2 Å². The zero-order chi connectivity index (χ0) is 24.7. The number of aromatic nitrogens is 1. The van der Waals surface area contributed by atoms with Crippen LogP contribution in [0.3, 0.4) is 0 Å². The van der Waals surface area contributed by atoms with Gasteiger partial charge in [0.1, 0.15) is 29.7 Å². The minimum Gasteiger partial charge on any atom is -0.460 e. The van der Waals surface area contributed by atoms with Crippen molar-refractivity contribution in [1.29, 1.82) is 0 Å². The second-order valence-corrected chi connectivity index (χ2v) is 7.64. The Hall–Kier alpha value is -3.56. The van der Waals surface area contributed by atoms with Crippen LogP contribution < -0.4 is 16.0 Å². The molecule has 0 fully saturated rings. The van der Waals surface area contributed by atoms with Gasteiger partial charge < -0.3 is 15.8 Å². The van der Waals surface area contributed by atoms with E-state index in [1.165, 1.54) is 12.1 Å². The van der Waals surface area contributed by atoms with E-state index in [1.54, 1.807) is 30.3 Å². The van der Waals surface area contributed by atoms with Gasteiger partial charge in [-0.25, -0.2) is 23.5 Å². The van der Waals surface area contributed by atoms with Crippen LogP contribution in [0.25, 0.3) is 11.3 Å². The van der Waals surface area contributed by atoms with E-state index in [1.807, 2.05) is 6.92 Å². The summed E-state index contributed by atoms with van der Waals surface area (Å²) in [5, 5.41) is 3.30. The second kappa shape index (κ2) is 11.5. The zero-order valence-corrected chi connectivity index (χ0v) is 19.1. The monoisotopic (exact) mass is 488 g/mol. The van der Waals surface area contributed by atoms with Crippen LogP contribution in [0.5, 0.6) is 0 Å². The Kier molecular flexibility index (Phi) is 8.50. The standard InChI is InChI=1S/C24H23ClF2N4O3/c1-2-12-29-13-22(32)34-14-16-15(6-3-7-17(16)25)20-10-5-11-21(30-20)31(24(28)33)23-18(26)8-4-9-19(23)27/h3-11,29H,2,12-14H2,1H3,(H2,28,33). The summed E-state index contributed by atoms with van der Waals surface area (Å²) in [4.78, 5) is 29.2. The number of carbonyl (C=O) groups is 2. The number of rotatable bonds is 9. The molecule has 3 N–H and O–H groups in total. The van der Waals surface area contributed by atoms with Crippen LogP contribution in [-0.4, -0.2) is 30.1 Å². The molecule has 3 rings (SSSR count). The molecular formula is C24H23ClF2N4O3. The Balaban J connectivity index is 1.96. The van der Waals surface area contributed by atoms with Crippen LogP contribution in [-0.2, 0) is 16.1 Å².